The van der Waals surface area contributed by atoms with Crippen molar-refractivity contribution in [2.24, 2.45) is 0 Å². The quantitative estimate of drug-likeness (QED) is 0.633. The van der Waals surface area contributed by atoms with Crippen LogP contribution >= 0.6 is 11.8 Å². The van der Waals surface area contributed by atoms with E-state index in [0.717, 1.165) is 11.3 Å². The van der Waals surface area contributed by atoms with Crippen molar-refractivity contribution in [2.75, 3.05) is 7.11 Å². The minimum atomic E-state index is 0.238. The van der Waals surface area contributed by atoms with Gasteiger partial charge in [0.25, 0.3) is 5.22 Å². The fourth-order valence-electron chi connectivity index (χ4n) is 1.80. The molecule has 7 nitrogen and oxygen atoms in total. The lowest BCUT2D eigenvalue weighted by molar-refractivity contribution is 0.382. The van der Waals surface area contributed by atoms with Gasteiger partial charge >= 0.3 is 0 Å². The molecule has 8 heteroatoms. The zero-order chi connectivity index (χ0) is 16.2. The third kappa shape index (κ3) is 3.70. The van der Waals surface area contributed by atoms with Crippen LogP contribution in [-0.2, 0) is 5.75 Å². The average Bonchev–Trinajstić information content (AvgIpc) is 3.22. The Bertz CT molecular complexity index is 767. The summed E-state index contributed by atoms with van der Waals surface area (Å²) in [4.78, 5) is 4.31. The Morgan fingerprint density at radius 2 is 1.96 bits per heavy atom. The van der Waals surface area contributed by atoms with Gasteiger partial charge in [-0.25, -0.2) is 0 Å². The molecule has 0 spiro atoms. The van der Waals surface area contributed by atoms with Crippen molar-refractivity contribution >= 4 is 11.8 Å². The number of nitrogens with zero attached hydrogens (tertiary/aromatic N) is 4. The van der Waals surface area contributed by atoms with Gasteiger partial charge in [0.1, 0.15) is 5.75 Å². The van der Waals surface area contributed by atoms with Gasteiger partial charge in [0.05, 0.1) is 12.9 Å². The maximum Gasteiger partial charge on any atom is 0.277 e. The van der Waals surface area contributed by atoms with Crippen LogP contribution in [0.5, 0.6) is 5.75 Å². The van der Waals surface area contributed by atoms with Crippen molar-refractivity contribution in [3.8, 4) is 17.2 Å². The van der Waals surface area contributed by atoms with E-state index in [-0.39, 0.29) is 5.92 Å². The van der Waals surface area contributed by atoms with Gasteiger partial charge in [-0.2, -0.15) is 4.98 Å². The highest BCUT2D eigenvalue weighted by atomic mass is 32.2. The molecule has 0 unspecified atom stereocenters. The van der Waals surface area contributed by atoms with Crippen LogP contribution in [0, 0.1) is 0 Å². The van der Waals surface area contributed by atoms with E-state index >= 15 is 0 Å². The Balaban J connectivity index is 1.64. The number of rotatable bonds is 6. The first-order valence-corrected chi connectivity index (χ1v) is 8.07. The maximum atomic E-state index is 5.63. The Labute approximate surface area is 137 Å². The van der Waals surface area contributed by atoms with Gasteiger partial charge in [-0.15, -0.1) is 10.2 Å². The predicted octanol–water partition coefficient (Wildman–Crippen LogP) is 3.54. The number of thioether (sulfide) groups is 1. The number of ether oxygens (including phenoxy) is 1. The number of hydrogen-bond acceptors (Lipinski definition) is 8. The second kappa shape index (κ2) is 6.82. The Hall–Kier alpha value is -2.35. The van der Waals surface area contributed by atoms with Gasteiger partial charge in [-0.3, -0.25) is 0 Å². The molecular formula is C15H16N4O3S. The molecular weight excluding hydrogens is 316 g/mol. The summed E-state index contributed by atoms with van der Waals surface area (Å²) in [7, 11) is 1.62. The lowest BCUT2D eigenvalue weighted by Gasteiger charge is -1.99. The zero-order valence-corrected chi connectivity index (χ0v) is 13.8. The fourth-order valence-corrected chi connectivity index (χ4v) is 2.40. The van der Waals surface area contributed by atoms with Crippen LogP contribution in [0.3, 0.4) is 0 Å². The SMILES string of the molecule is COc1ccc(-c2nnc(SCc3nc(C(C)C)no3)o2)cc1. The molecule has 0 saturated carbocycles. The van der Waals surface area contributed by atoms with E-state index < -0.39 is 0 Å². The zero-order valence-electron chi connectivity index (χ0n) is 13.0. The molecule has 0 fully saturated rings. The van der Waals surface area contributed by atoms with Gasteiger partial charge in [0.2, 0.25) is 11.8 Å². The highest BCUT2D eigenvalue weighted by Crippen LogP contribution is 2.26. The molecule has 0 aliphatic carbocycles. The molecule has 0 aliphatic heterocycles. The highest BCUT2D eigenvalue weighted by molar-refractivity contribution is 7.98. The maximum absolute atomic E-state index is 5.63. The topological polar surface area (TPSA) is 87.1 Å². The largest absolute Gasteiger partial charge is 0.497 e. The van der Waals surface area contributed by atoms with Gasteiger partial charge in [-0.1, -0.05) is 30.8 Å². The lowest BCUT2D eigenvalue weighted by Crippen LogP contribution is -1.90. The van der Waals surface area contributed by atoms with Gasteiger partial charge < -0.3 is 13.7 Å². The minimum Gasteiger partial charge on any atom is -0.497 e. The molecule has 2 aromatic heterocycles. The summed E-state index contributed by atoms with van der Waals surface area (Å²) < 4.78 is 15.9. The van der Waals surface area contributed by atoms with Crippen molar-refractivity contribution < 1.29 is 13.7 Å². The van der Waals surface area contributed by atoms with Crippen LogP contribution in [0.4, 0.5) is 0 Å². The summed E-state index contributed by atoms with van der Waals surface area (Å²) >= 11 is 1.36. The molecule has 3 rings (SSSR count). The summed E-state index contributed by atoms with van der Waals surface area (Å²) in [5.41, 5.74) is 0.838. The average molecular weight is 332 g/mol. The Kier molecular flexibility index (Phi) is 4.61. The van der Waals surface area contributed by atoms with E-state index in [0.29, 0.717) is 28.6 Å². The molecule has 23 heavy (non-hydrogen) atoms. The molecule has 3 aromatic rings. The van der Waals surface area contributed by atoms with Crippen molar-refractivity contribution in [1.82, 2.24) is 20.3 Å². The number of aromatic nitrogens is 4. The van der Waals surface area contributed by atoms with Gasteiger partial charge in [-0.05, 0) is 24.3 Å². The van der Waals surface area contributed by atoms with E-state index in [2.05, 4.69) is 20.3 Å². The van der Waals surface area contributed by atoms with E-state index in [1.807, 2.05) is 38.1 Å². The summed E-state index contributed by atoms with van der Waals surface area (Å²) in [6, 6.07) is 7.43. The lowest BCUT2D eigenvalue weighted by atomic mass is 10.2. The third-order valence-electron chi connectivity index (χ3n) is 3.06. The molecule has 0 atom stereocenters. The van der Waals surface area contributed by atoms with Crippen LogP contribution in [0.15, 0.2) is 38.4 Å². The van der Waals surface area contributed by atoms with E-state index in [1.54, 1.807) is 7.11 Å². The van der Waals surface area contributed by atoms with Crippen molar-refractivity contribution in [3.05, 3.63) is 36.0 Å². The van der Waals surface area contributed by atoms with Crippen LogP contribution in [0.25, 0.3) is 11.5 Å². The van der Waals surface area contributed by atoms with Crippen LogP contribution < -0.4 is 4.74 Å². The second-order valence-electron chi connectivity index (χ2n) is 5.09. The molecule has 0 aliphatic rings. The van der Waals surface area contributed by atoms with Crippen molar-refractivity contribution in [1.29, 1.82) is 0 Å². The third-order valence-corrected chi connectivity index (χ3v) is 3.87. The molecule has 1 aromatic carbocycles. The minimum absolute atomic E-state index is 0.238. The van der Waals surface area contributed by atoms with E-state index in [1.165, 1.54) is 11.8 Å². The number of hydrogen-bond donors (Lipinski definition) is 0. The standard InChI is InChI=1S/C15H16N4O3S/c1-9(2)13-16-12(22-19-13)8-23-15-18-17-14(21-15)10-4-6-11(20-3)7-5-10/h4-7,9H,8H2,1-3H3. The molecule has 0 bridgehead atoms. The van der Waals surface area contributed by atoms with Crippen molar-refractivity contribution in [2.45, 2.75) is 30.7 Å². The number of methoxy groups -OCH3 is 1. The van der Waals surface area contributed by atoms with Crippen LogP contribution in [0.1, 0.15) is 31.5 Å². The molecule has 0 radical (unpaired) electrons. The molecule has 0 N–H and O–H groups in total. The molecule has 120 valence electrons. The summed E-state index contributed by atoms with van der Waals surface area (Å²) in [5.74, 6) is 3.21. The van der Waals surface area contributed by atoms with Crippen LogP contribution in [0.2, 0.25) is 0 Å². The van der Waals surface area contributed by atoms with Crippen LogP contribution in [-0.4, -0.2) is 27.4 Å². The fraction of sp³-hybridized carbons (Fsp3) is 0.333. The summed E-state index contributed by atoms with van der Waals surface area (Å²) in [6.07, 6.45) is 0. The molecule has 0 saturated heterocycles. The predicted molar refractivity (Wildman–Crippen MR) is 84.2 cm³/mol. The number of benzene rings is 1. The summed E-state index contributed by atoms with van der Waals surface area (Å²) in [6.45, 7) is 4.03. The molecule has 0 amide bonds. The highest BCUT2D eigenvalue weighted by Gasteiger charge is 2.13. The summed E-state index contributed by atoms with van der Waals surface area (Å²) in [5, 5.41) is 12.4. The van der Waals surface area contributed by atoms with E-state index in [4.69, 9.17) is 13.7 Å². The van der Waals surface area contributed by atoms with Crippen molar-refractivity contribution in [3.63, 3.8) is 0 Å². The first kappa shape index (κ1) is 15.5. The second-order valence-corrected chi connectivity index (χ2v) is 6.02. The van der Waals surface area contributed by atoms with Gasteiger partial charge in [0, 0.05) is 11.5 Å². The Morgan fingerprint density at radius 3 is 2.61 bits per heavy atom. The first-order valence-electron chi connectivity index (χ1n) is 7.09. The van der Waals surface area contributed by atoms with Gasteiger partial charge in [0.15, 0.2) is 5.82 Å². The first-order chi connectivity index (χ1) is 11.2. The Morgan fingerprint density at radius 1 is 1.17 bits per heavy atom. The normalized spacial score (nSPS) is 11.1. The smallest absolute Gasteiger partial charge is 0.277 e. The molecule has 2 heterocycles. The van der Waals surface area contributed by atoms with E-state index in [9.17, 15) is 0 Å². The monoisotopic (exact) mass is 332 g/mol.